The highest BCUT2D eigenvalue weighted by Crippen LogP contribution is 2.08. The molecule has 0 aromatic heterocycles. The van der Waals surface area contributed by atoms with Crippen molar-refractivity contribution in [1.29, 1.82) is 0 Å². The molecule has 1 unspecified atom stereocenters. The van der Waals surface area contributed by atoms with Gasteiger partial charge in [0.05, 0.1) is 0 Å². The third kappa shape index (κ3) is 4.83. The monoisotopic (exact) mass is 230 g/mol. The Kier molecular flexibility index (Phi) is 5.46. The highest BCUT2D eigenvalue weighted by atomic mass is 32.2. The fourth-order valence-corrected chi connectivity index (χ4v) is 1.81. The Labute approximate surface area is 82.9 Å². The van der Waals surface area contributed by atoms with Crippen LogP contribution in [0.15, 0.2) is 0 Å². The van der Waals surface area contributed by atoms with E-state index in [0.29, 0.717) is 6.42 Å². The molecule has 7 heteroatoms. The summed E-state index contributed by atoms with van der Waals surface area (Å²) in [7, 11) is -4.52. The second-order valence-electron chi connectivity index (χ2n) is 3.49. The Morgan fingerprint density at radius 3 is 2.14 bits per heavy atom. The molecule has 86 valence electrons. The van der Waals surface area contributed by atoms with Crippen LogP contribution < -0.4 is 10.5 Å². The largest absolute Gasteiger partial charge is 0.350 e. The SMILES string of the molecule is CC(C)CC(CN)NS(=O)(=O)C(F)F. The minimum absolute atomic E-state index is 0.0180. The van der Waals surface area contributed by atoms with Crippen LogP contribution in [0.25, 0.3) is 0 Å². The normalized spacial score (nSPS) is 15.1. The summed E-state index contributed by atoms with van der Waals surface area (Å²) in [4.78, 5) is 0. The highest BCUT2D eigenvalue weighted by molar-refractivity contribution is 7.89. The third-order valence-corrected chi connectivity index (χ3v) is 2.74. The lowest BCUT2D eigenvalue weighted by molar-refractivity contribution is 0.230. The van der Waals surface area contributed by atoms with Crippen LogP contribution in [0.4, 0.5) is 8.78 Å². The molecule has 4 nitrogen and oxygen atoms in total. The molecule has 0 spiro atoms. The summed E-state index contributed by atoms with van der Waals surface area (Å²) in [6.07, 6.45) is 0.447. The van der Waals surface area contributed by atoms with Crippen molar-refractivity contribution in [3.63, 3.8) is 0 Å². The van der Waals surface area contributed by atoms with Gasteiger partial charge in [0.2, 0.25) is 0 Å². The molecule has 0 aromatic carbocycles. The lowest BCUT2D eigenvalue weighted by atomic mass is 10.1. The molecular weight excluding hydrogens is 214 g/mol. The summed E-state index contributed by atoms with van der Waals surface area (Å²) in [5.74, 6) is -3.20. The maximum absolute atomic E-state index is 12.0. The van der Waals surface area contributed by atoms with E-state index in [9.17, 15) is 17.2 Å². The van der Waals surface area contributed by atoms with Crippen molar-refractivity contribution in [2.24, 2.45) is 11.7 Å². The van der Waals surface area contributed by atoms with Gasteiger partial charge in [-0.05, 0) is 12.3 Å². The molecule has 0 bridgehead atoms. The quantitative estimate of drug-likeness (QED) is 0.698. The van der Waals surface area contributed by atoms with Crippen LogP contribution in [0, 0.1) is 5.92 Å². The van der Waals surface area contributed by atoms with Gasteiger partial charge >= 0.3 is 5.76 Å². The second-order valence-corrected chi connectivity index (χ2v) is 5.17. The molecule has 0 saturated carbocycles. The Morgan fingerprint density at radius 1 is 1.36 bits per heavy atom. The lowest BCUT2D eigenvalue weighted by Crippen LogP contribution is -2.43. The number of sulfonamides is 1. The van der Waals surface area contributed by atoms with Gasteiger partial charge in [0.15, 0.2) is 0 Å². The van der Waals surface area contributed by atoms with E-state index in [0.717, 1.165) is 0 Å². The number of nitrogens with one attached hydrogen (secondary N) is 1. The van der Waals surface area contributed by atoms with E-state index >= 15 is 0 Å². The fourth-order valence-electron chi connectivity index (χ4n) is 1.05. The number of nitrogens with two attached hydrogens (primary N) is 1. The van der Waals surface area contributed by atoms with Crippen LogP contribution in [-0.4, -0.2) is 26.8 Å². The van der Waals surface area contributed by atoms with Gasteiger partial charge in [-0.25, -0.2) is 13.1 Å². The molecule has 3 N–H and O–H groups in total. The van der Waals surface area contributed by atoms with E-state index in [-0.39, 0.29) is 12.5 Å². The summed E-state index contributed by atoms with van der Waals surface area (Å²) < 4.78 is 47.3. The van der Waals surface area contributed by atoms with E-state index in [2.05, 4.69) is 0 Å². The van der Waals surface area contributed by atoms with E-state index in [1.54, 1.807) is 0 Å². The molecule has 0 rings (SSSR count). The van der Waals surface area contributed by atoms with Gasteiger partial charge in [0.25, 0.3) is 10.0 Å². The van der Waals surface area contributed by atoms with Crippen LogP contribution in [0.3, 0.4) is 0 Å². The predicted molar refractivity (Wildman–Crippen MR) is 50.4 cm³/mol. The summed E-state index contributed by atoms with van der Waals surface area (Å²) >= 11 is 0. The standard InChI is InChI=1S/C7H16F2N2O2S/c1-5(2)3-6(4-10)11-14(12,13)7(8)9/h5-7,11H,3-4,10H2,1-2H3. The molecule has 0 aromatic rings. The minimum atomic E-state index is -4.52. The average molecular weight is 230 g/mol. The van der Waals surface area contributed by atoms with E-state index in [1.165, 1.54) is 0 Å². The number of halogens is 2. The van der Waals surface area contributed by atoms with Crippen LogP contribution in [-0.2, 0) is 10.0 Å². The smallest absolute Gasteiger partial charge is 0.329 e. The predicted octanol–water partition coefficient (Wildman–Crippen LogP) is 0.502. The van der Waals surface area contributed by atoms with Crippen molar-refractivity contribution in [3.05, 3.63) is 0 Å². The molecule has 0 aliphatic heterocycles. The van der Waals surface area contributed by atoms with Gasteiger partial charge in [0, 0.05) is 12.6 Å². The fraction of sp³-hybridized carbons (Fsp3) is 1.00. The van der Waals surface area contributed by atoms with Crippen molar-refractivity contribution in [1.82, 2.24) is 4.72 Å². The van der Waals surface area contributed by atoms with E-state index in [1.807, 2.05) is 18.6 Å². The topological polar surface area (TPSA) is 72.2 Å². The third-order valence-electron chi connectivity index (χ3n) is 1.61. The first-order chi connectivity index (χ1) is 6.29. The van der Waals surface area contributed by atoms with Crippen molar-refractivity contribution in [3.8, 4) is 0 Å². The number of alkyl halides is 2. The van der Waals surface area contributed by atoms with Crippen LogP contribution in [0.2, 0.25) is 0 Å². The van der Waals surface area contributed by atoms with Crippen molar-refractivity contribution in [2.75, 3.05) is 6.54 Å². The molecule has 1 atom stereocenters. The number of rotatable bonds is 6. The molecule has 0 saturated heterocycles. The maximum atomic E-state index is 12.0. The number of hydrogen-bond acceptors (Lipinski definition) is 3. The zero-order chi connectivity index (χ0) is 11.4. The second kappa shape index (κ2) is 5.57. The van der Waals surface area contributed by atoms with Crippen molar-refractivity contribution < 1.29 is 17.2 Å². The Hall–Kier alpha value is -0.270. The molecule has 0 heterocycles. The molecule has 0 aliphatic carbocycles. The molecule has 0 amide bonds. The van der Waals surface area contributed by atoms with Gasteiger partial charge in [0.1, 0.15) is 0 Å². The van der Waals surface area contributed by atoms with Gasteiger partial charge in [-0.2, -0.15) is 8.78 Å². The number of hydrogen-bond donors (Lipinski definition) is 2. The molecule has 0 radical (unpaired) electrons. The first-order valence-corrected chi connectivity index (χ1v) is 5.83. The summed E-state index contributed by atoms with van der Waals surface area (Å²) in [6.45, 7) is 3.74. The van der Waals surface area contributed by atoms with Gasteiger partial charge in [-0.1, -0.05) is 13.8 Å². The summed E-state index contributed by atoms with van der Waals surface area (Å²) in [6, 6.07) is -0.617. The van der Waals surface area contributed by atoms with Crippen LogP contribution >= 0.6 is 0 Å². The zero-order valence-electron chi connectivity index (χ0n) is 8.20. The van der Waals surface area contributed by atoms with Gasteiger partial charge in [-0.15, -0.1) is 0 Å². The highest BCUT2D eigenvalue weighted by Gasteiger charge is 2.26. The van der Waals surface area contributed by atoms with E-state index in [4.69, 9.17) is 5.73 Å². The minimum Gasteiger partial charge on any atom is -0.329 e. The first kappa shape index (κ1) is 13.7. The lowest BCUT2D eigenvalue weighted by Gasteiger charge is -2.18. The Bertz CT molecular complexity index is 254. The maximum Gasteiger partial charge on any atom is 0.350 e. The first-order valence-electron chi connectivity index (χ1n) is 4.29. The Balaban J connectivity index is 4.32. The van der Waals surface area contributed by atoms with Crippen molar-refractivity contribution in [2.45, 2.75) is 32.1 Å². The van der Waals surface area contributed by atoms with Gasteiger partial charge in [-0.3, -0.25) is 0 Å². The van der Waals surface area contributed by atoms with Crippen molar-refractivity contribution >= 4 is 10.0 Å². The van der Waals surface area contributed by atoms with Crippen LogP contribution in [0.5, 0.6) is 0 Å². The average Bonchev–Trinajstić information content (AvgIpc) is 2.01. The summed E-state index contributed by atoms with van der Waals surface area (Å²) in [5.41, 5.74) is 5.26. The summed E-state index contributed by atoms with van der Waals surface area (Å²) in [5, 5.41) is 0. The molecule has 0 fully saturated rings. The Morgan fingerprint density at radius 2 is 1.86 bits per heavy atom. The van der Waals surface area contributed by atoms with Gasteiger partial charge < -0.3 is 5.73 Å². The molecular formula is C7H16F2N2O2S. The molecule has 14 heavy (non-hydrogen) atoms. The van der Waals surface area contributed by atoms with E-state index < -0.39 is 21.8 Å². The van der Waals surface area contributed by atoms with Crippen LogP contribution in [0.1, 0.15) is 20.3 Å². The zero-order valence-corrected chi connectivity index (χ0v) is 9.02. The molecule has 0 aliphatic rings.